The van der Waals surface area contributed by atoms with Gasteiger partial charge < -0.3 is 14.8 Å². The molecule has 3 aromatic carbocycles. The van der Waals surface area contributed by atoms with Gasteiger partial charge >= 0.3 is 5.97 Å². The van der Waals surface area contributed by atoms with Gasteiger partial charge in [-0.1, -0.05) is 24.3 Å². The summed E-state index contributed by atoms with van der Waals surface area (Å²) in [6.07, 6.45) is 0. The molecular formula is C24H23NO4S. The van der Waals surface area contributed by atoms with E-state index in [1.165, 1.54) is 12.0 Å². The number of amides is 1. The minimum Gasteiger partial charge on any atom is -0.493 e. The van der Waals surface area contributed by atoms with Gasteiger partial charge in [0.15, 0.2) is 0 Å². The van der Waals surface area contributed by atoms with Gasteiger partial charge in [-0.25, -0.2) is 4.79 Å². The Morgan fingerprint density at radius 1 is 0.933 bits per heavy atom. The number of thioether (sulfide) groups is 1. The Labute approximate surface area is 180 Å². The van der Waals surface area contributed by atoms with Gasteiger partial charge in [-0.2, -0.15) is 0 Å². The van der Waals surface area contributed by atoms with Crippen molar-refractivity contribution in [3.63, 3.8) is 0 Å². The molecule has 0 atom stereocenters. The molecule has 3 aromatic rings. The van der Waals surface area contributed by atoms with Crippen LogP contribution in [-0.2, 0) is 4.74 Å². The fourth-order valence-electron chi connectivity index (χ4n) is 2.73. The summed E-state index contributed by atoms with van der Waals surface area (Å²) in [5.41, 5.74) is 2.31. The van der Waals surface area contributed by atoms with E-state index < -0.39 is 5.97 Å². The van der Waals surface area contributed by atoms with Crippen LogP contribution >= 0.6 is 11.8 Å². The van der Waals surface area contributed by atoms with E-state index in [2.05, 4.69) is 17.4 Å². The van der Waals surface area contributed by atoms with Crippen molar-refractivity contribution in [2.75, 3.05) is 24.8 Å². The largest absolute Gasteiger partial charge is 0.493 e. The fourth-order valence-corrected chi connectivity index (χ4v) is 3.49. The molecule has 1 N–H and O–H groups in total. The summed E-state index contributed by atoms with van der Waals surface area (Å²) in [6, 6.07) is 22.2. The van der Waals surface area contributed by atoms with Crippen molar-refractivity contribution in [2.45, 2.75) is 11.8 Å². The highest BCUT2D eigenvalue weighted by Gasteiger charge is 2.12. The lowest BCUT2D eigenvalue weighted by molar-refractivity contribution is 0.0600. The molecule has 0 aromatic heterocycles. The molecule has 3 rings (SSSR count). The van der Waals surface area contributed by atoms with Crippen LogP contribution in [0.4, 0.5) is 5.69 Å². The van der Waals surface area contributed by atoms with E-state index in [4.69, 9.17) is 9.47 Å². The van der Waals surface area contributed by atoms with Gasteiger partial charge in [0.1, 0.15) is 5.75 Å². The van der Waals surface area contributed by atoms with E-state index in [0.29, 0.717) is 29.2 Å². The Bertz CT molecular complexity index is 1000. The first-order chi connectivity index (χ1) is 14.6. The van der Waals surface area contributed by atoms with Gasteiger partial charge in [-0.05, 0) is 61.0 Å². The molecule has 0 heterocycles. The number of anilines is 1. The average Bonchev–Trinajstić information content (AvgIpc) is 2.78. The Balaban J connectivity index is 1.54. The van der Waals surface area contributed by atoms with Crippen LogP contribution in [0, 0.1) is 6.92 Å². The Hall–Kier alpha value is -3.25. The maximum absolute atomic E-state index is 12.6. The van der Waals surface area contributed by atoms with Crippen molar-refractivity contribution in [3.8, 4) is 5.75 Å². The van der Waals surface area contributed by atoms with Crippen LogP contribution in [0.5, 0.6) is 5.75 Å². The number of benzene rings is 3. The van der Waals surface area contributed by atoms with Gasteiger partial charge in [0.2, 0.25) is 0 Å². The number of carbonyl (C=O) groups excluding carboxylic acids is 2. The van der Waals surface area contributed by atoms with Gasteiger partial charge in [0, 0.05) is 21.9 Å². The summed E-state index contributed by atoms with van der Waals surface area (Å²) in [4.78, 5) is 25.5. The van der Waals surface area contributed by atoms with Crippen LogP contribution in [0.25, 0.3) is 0 Å². The second kappa shape index (κ2) is 10.5. The SMILES string of the molecule is COC(=O)c1ccc(C)c(NC(=O)c2ccc(OCCSc3ccccc3)cc2)c1. The summed E-state index contributed by atoms with van der Waals surface area (Å²) in [5.74, 6) is 0.843. The van der Waals surface area contributed by atoms with E-state index in [-0.39, 0.29) is 5.91 Å². The molecular weight excluding hydrogens is 398 g/mol. The van der Waals surface area contributed by atoms with Gasteiger partial charge in [-0.3, -0.25) is 4.79 Å². The zero-order chi connectivity index (χ0) is 21.3. The van der Waals surface area contributed by atoms with E-state index in [1.807, 2.05) is 25.1 Å². The lowest BCUT2D eigenvalue weighted by Crippen LogP contribution is -2.13. The van der Waals surface area contributed by atoms with Crippen LogP contribution in [0.1, 0.15) is 26.3 Å². The first kappa shape index (κ1) is 21.5. The third-order valence-corrected chi connectivity index (χ3v) is 5.36. The maximum atomic E-state index is 12.6. The van der Waals surface area contributed by atoms with Crippen molar-refractivity contribution < 1.29 is 19.1 Å². The van der Waals surface area contributed by atoms with Crippen LogP contribution in [-0.4, -0.2) is 31.3 Å². The minimum atomic E-state index is -0.447. The highest BCUT2D eigenvalue weighted by molar-refractivity contribution is 7.99. The first-order valence-electron chi connectivity index (χ1n) is 9.48. The molecule has 154 valence electrons. The van der Waals surface area contributed by atoms with Crippen LogP contribution in [0.3, 0.4) is 0 Å². The fraction of sp³-hybridized carbons (Fsp3) is 0.167. The zero-order valence-electron chi connectivity index (χ0n) is 16.9. The van der Waals surface area contributed by atoms with E-state index >= 15 is 0 Å². The molecule has 6 heteroatoms. The molecule has 5 nitrogen and oxygen atoms in total. The second-order valence-electron chi connectivity index (χ2n) is 6.51. The number of hydrogen-bond acceptors (Lipinski definition) is 5. The molecule has 1 amide bonds. The molecule has 0 unspecified atom stereocenters. The lowest BCUT2D eigenvalue weighted by atomic mass is 10.1. The van der Waals surface area contributed by atoms with Gasteiger partial charge in [-0.15, -0.1) is 11.8 Å². The molecule has 0 spiro atoms. The summed E-state index contributed by atoms with van der Waals surface area (Å²) < 4.78 is 10.5. The van der Waals surface area contributed by atoms with Gasteiger partial charge in [0.05, 0.1) is 19.3 Å². The molecule has 0 fully saturated rings. The lowest BCUT2D eigenvalue weighted by Gasteiger charge is -2.11. The molecule has 0 radical (unpaired) electrons. The maximum Gasteiger partial charge on any atom is 0.337 e. The third-order valence-electron chi connectivity index (χ3n) is 4.39. The Morgan fingerprint density at radius 3 is 2.33 bits per heavy atom. The molecule has 0 aliphatic carbocycles. The van der Waals surface area contributed by atoms with Crippen molar-refractivity contribution >= 4 is 29.3 Å². The summed E-state index contributed by atoms with van der Waals surface area (Å²) >= 11 is 1.73. The topological polar surface area (TPSA) is 64.6 Å². The predicted molar refractivity (Wildman–Crippen MR) is 120 cm³/mol. The number of rotatable bonds is 8. The highest BCUT2D eigenvalue weighted by atomic mass is 32.2. The highest BCUT2D eigenvalue weighted by Crippen LogP contribution is 2.20. The second-order valence-corrected chi connectivity index (χ2v) is 7.68. The standard InChI is InChI=1S/C24H23NO4S/c1-17-8-9-19(24(27)28-2)16-22(17)25-23(26)18-10-12-20(13-11-18)29-14-15-30-21-6-4-3-5-7-21/h3-13,16H,14-15H2,1-2H3,(H,25,26). The molecule has 0 saturated heterocycles. The van der Waals surface area contributed by atoms with Crippen molar-refractivity contribution in [1.29, 1.82) is 0 Å². The summed E-state index contributed by atoms with van der Waals surface area (Å²) in [5, 5.41) is 2.84. The zero-order valence-corrected chi connectivity index (χ0v) is 17.7. The van der Waals surface area contributed by atoms with Crippen LogP contribution in [0.15, 0.2) is 77.7 Å². The number of hydrogen-bond donors (Lipinski definition) is 1. The number of nitrogens with one attached hydrogen (secondary N) is 1. The molecule has 0 bridgehead atoms. The predicted octanol–water partition coefficient (Wildman–Crippen LogP) is 5.21. The number of carbonyl (C=O) groups is 2. The average molecular weight is 422 g/mol. The molecule has 0 aliphatic heterocycles. The smallest absolute Gasteiger partial charge is 0.337 e. The Morgan fingerprint density at radius 2 is 1.63 bits per heavy atom. The van der Waals surface area contributed by atoms with E-state index in [9.17, 15) is 9.59 Å². The summed E-state index contributed by atoms with van der Waals surface area (Å²) in [6.45, 7) is 2.44. The van der Waals surface area contributed by atoms with E-state index in [0.717, 1.165) is 11.3 Å². The number of esters is 1. The van der Waals surface area contributed by atoms with E-state index in [1.54, 1.807) is 54.2 Å². The van der Waals surface area contributed by atoms with Crippen molar-refractivity contribution in [2.24, 2.45) is 0 Å². The molecule has 0 aliphatic rings. The molecule has 30 heavy (non-hydrogen) atoms. The van der Waals surface area contributed by atoms with Crippen molar-refractivity contribution in [1.82, 2.24) is 0 Å². The molecule has 0 saturated carbocycles. The van der Waals surface area contributed by atoms with Gasteiger partial charge in [0.25, 0.3) is 5.91 Å². The monoisotopic (exact) mass is 421 g/mol. The third kappa shape index (κ3) is 5.87. The van der Waals surface area contributed by atoms with Crippen LogP contribution < -0.4 is 10.1 Å². The number of methoxy groups -OCH3 is 1. The number of ether oxygens (including phenoxy) is 2. The Kier molecular flexibility index (Phi) is 7.51. The first-order valence-corrected chi connectivity index (χ1v) is 10.5. The quantitative estimate of drug-likeness (QED) is 0.307. The normalized spacial score (nSPS) is 10.3. The minimum absolute atomic E-state index is 0.258. The van der Waals surface area contributed by atoms with Crippen molar-refractivity contribution in [3.05, 3.63) is 89.5 Å². The number of aryl methyl sites for hydroxylation is 1. The van der Waals surface area contributed by atoms with Crippen LogP contribution in [0.2, 0.25) is 0 Å². The summed E-state index contributed by atoms with van der Waals surface area (Å²) in [7, 11) is 1.32.